The van der Waals surface area contributed by atoms with E-state index in [-0.39, 0.29) is 11.3 Å². The standard InChI is InChI=1S/C45H35N/c1-45(2)41-17-9-8-16-39(41)44-38-26-22-33-21-25-35(29-40(33)37(38)27-28-42(44)45)46(43-18-10-14-32-13-6-7-15-36(32)43)34-23-19-31(20-24-34)30-11-4-3-5-12-30/h3-29,33,40H,1-2H3. The molecule has 220 valence electrons. The molecule has 46 heavy (non-hydrogen) atoms. The largest absolute Gasteiger partial charge is 0.310 e. The lowest BCUT2D eigenvalue weighted by Crippen LogP contribution is -2.22. The third-order valence-electron chi connectivity index (χ3n) is 10.4. The zero-order valence-corrected chi connectivity index (χ0v) is 26.2. The van der Waals surface area contributed by atoms with Gasteiger partial charge in [0, 0.05) is 34.0 Å². The molecule has 0 heterocycles. The van der Waals surface area contributed by atoms with Crippen molar-refractivity contribution in [3.05, 3.63) is 186 Å². The lowest BCUT2D eigenvalue weighted by molar-refractivity contribution is 0.656. The predicted octanol–water partition coefficient (Wildman–Crippen LogP) is 11.8. The van der Waals surface area contributed by atoms with Crippen molar-refractivity contribution < 1.29 is 0 Å². The van der Waals surface area contributed by atoms with Crippen LogP contribution in [0.4, 0.5) is 11.4 Å². The van der Waals surface area contributed by atoms with Gasteiger partial charge in [-0.3, -0.25) is 0 Å². The minimum atomic E-state index is -0.00378. The van der Waals surface area contributed by atoms with Crippen LogP contribution in [-0.2, 0) is 5.41 Å². The second-order valence-electron chi connectivity index (χ2n) is 13.3. The molecule has 0 spiro atoms. The first kappa shape index (κ1) is 27.0. The van der Waals surface area contributed by atoms with Gasteiger partial charge in [-0.25, -0.2) is 0 Å². The average Bonchev–Trinajstić information content (AvgIpc) is 3.35. The number of nitrogens with zero attached hydrogens (tertiary/aromatic N) is 1. The summed E-state index contributed by atoms with van der Waals surface area (Å²) >= 11 is 0. The van der Waals surface area contributed by atoms with Crippen LogP contribution >= 0.6 is 0 Å². The van der Waals surface area contributed by atoms with Crippen molar-refractivity contribution in [3.8, 4) is 22.3 Å². The molecule has 0 N–H and O–H groups in total. The third-order valence-corrected chi connectivity index (χ3v) is 10.4. The van der Waals surface area contributed by atoms with Gasteiger partial charge in [-0.1, -0.05) is 153 Å². The van der Waals surface area contributed by atoms with E-state index in [1.165, 1.54) is 66.7 Å². The predicted molar refractivity (Wildman–Crippen MR) is 194 cm³/mol. The Morgan fingerprint density at radius 2 is 1.30 bits per heavy atom. The molecule has 6 aromatic carbocycles. The molecule has 0 amide bonds. The Hall–Kier alpha value is -5.40. The number of anilines is 2. The maximum atomic E-state index is 2.51. The summed E-state index contributed by atoms with van der Waals surface area (Å²) in [7, 11) is 0. The molecule has 0 radical (unpaired) electrons. The van der Waals surface area contributed by atoms with Gasteiger partial charge >= 0.3 is 0 Å². The minimum Gasteiger partial charge on any atom is -0.310 e. The number of fused-ring (bicyclic) bond motifs is 8. The van der Waals surface area contributed by atoms with Gasteiger partial charge in [0.05, 0.1) is 5.69 Å². The van der Waals surface area contributed by atoms with E-state index in [1.54, 1.807) is 0 Å². The van der Waals surface area contributed by atoms with Crippen molar-refractivity contribution in [2.45, 2.75) is 25.2 Å². The normalized spacial score (nSPS) is 18.3. The fourth-order valence-electron chi connectivity index (χ4n) is 8.09. The fourth-order valence-corrected chi connectivity index (χ4v) is 8.09. The molecule has 0 saturated carbocycles. The molecule has 3 aliphatic rings. The van der Waals surface area contributed by atoms with E-state index in [2.05, 4.69) is 183 Å². The van der Waals surface area contributed by atoms with E-state index in [4.69, 9.17) is 0 Å². The third kappa shape index (κ3) is 4.08. The van der Waals surface area contributed by atoms with E-state index in [0.29, 0.717) is 5.92 Å². The number of rotatable bonds is 4. The molecule has 0 fully saturated rings. The number of benzene rings is 6. The van der Waals surface area contributed by atoms with Crippen molar-refractivity contribution >= 4 is 28.2 Å². The molecule has 0 bridgehead atoms. The number of hydrogen-bond acceptors (Lipinski definition) is 1. The molecule has 0 aliphatic heterocycles. The van der Waals surface area contributed by atoms with Crippen LogP contribution < -0.4 is 4.90 Å². The first-order chi connectivity index (χ1) is 22.6. The van der Waals surface area contributed by atoms with Crippen LogP contribution in [0.3, 0.4) is 0 Å². The van der Waals surface area contributed by atoms with Crippen LogP contribution in [0.15, 0.2) is 163 Å². The molecular formula is C45H35N. The second-order valence-corrected chi connectivity index (χ2v) is 13.3. The molecule has 1 heteroatoms. The molecule has 6 aromatic rings. The fraction of sp³-hybridized carbons (Fsp3) is 0.111. The lowest BCUT2D eigenvalue weighted by Gasteiger charge is -2.35. The molecule has 3 aliphatic carbocycles. The molecule has 2 unspecified atom stereocenters. The van der Waals surface area contributed by atoms with Gasteiger partial charge in [0.25, 0.3) is 0 Å². The van der Waals surface area contributed by atoms with Crippen molar-refractivity contribution in [1.82, 2.24) is 0 Å². The number of hydrogen-bond donors (Lipinski definition) is 0. The highest BCUT2D eigenvalue weighted by Crippen LogP contribution is 2.54. The molecule has 0 saturated heterocycles. The van der Waals surface area contributed by atoms with Crippen molar-refractivity contribution in [1.29, 1.82) is 0 Å². The van der Waals surface area contributed by atoms with Gasteiger partial charge in [-0.15, -0.1) is 0 Å². The van der Waals surface area contributed by atoms with Crippen LogP contribution in [-0.4, -0.2) is 0 Å². The summed E-state index contributed by atoms with van der Waals surface area (Å²) in [6, 6.07) is 48.8. The van der Waals surface area contributed by atoms with E-state index >= 15 is 0 Å². The average molecular weight is 590 g/mol. The van der Waals surface area contributed by atoms with Crippen LogP contribution in [0, 0.1) is 5.92 Å². The summed E-state index contributed by atoms with van der Waals surface area (Å²) in [5.74, 6) is 0.580. The van der Waals surface area contributed by atoms with Gasteiger partial charge in [0.2, 0.25) is 0 Å². The summed E-state index contributed by atoms with van der Waals surface area (Å²) in [6.45, 7) is 4.73. The summed E-state index contributed by atoms with van der Waals surface area (Å²) in [5, 5.41) is 2.49. The van der Waals surface area contributed by atoms with Crippen LogP contribution in [0.1, 0.15) is 42.0 Å². The maximum absolute atomic E-state index is 2.51. The van der Waals surface area contributed by atoms with E-state index in [9.17, 15) is 0 Å². The summed E-state index contributed by atoms with van der Waals surface area (Å²) in [4.78, 5) is 2.45. The van der Waals surface area contributed by atoms with Gasteiger partial charge in [-0.2, -0.15) is 0 Å². The van der Waals surface area contributed by atoms with Crippen molar-refractivity contribution in [3.63, 3.8) is 0 Å². The Labute approximate surface area is 271 Å². The Balaban J connectivity index is 1.20. The SMILES string of the molecule is CC1(C)c2ccccc2-c2c1ccc1c2C=CC2C=CC(N(c3ccc(-c4ccccc4)cc3)c3cccc4ccccc34)=CC12. The smallest absolute Gasteiger partial charge is 0.0539 e. The first-order valence-corrected chi connectivity index (χ1v) is 16.4. The van der Waals surface area contributed by atoms with Crippen LogP contribution in [0.2, 0.25) is 0 Å². The van der Waals surface area contributed by atoms with Crippen LogP contribution in [0.25, 0.3) is 39.1 Å². The molecule has 0 aromatic heterocycles. The molecule has 2 atom stereocenters. The number of allylic oxidation sites excluding steroid dienone is 4. The highest BCUT2D eigenvalue weighted by atomic mass is 15.1. The summed E-state index contributed by atoms with van der Waals surface area (Å²) in [5.41, 5.74) is 14.4. The van der Waals surface area contributed by atoms with Crippen molar-refractivity contribution in [2.75, 3.05) is 4.90 Å². The van der Waals surface area contributed by atoms with E-state index < -0.39 is 0 Å². The van der Waals surface area contributed by atoms with Crippen molar-refractivity contribution in [2.24, 2.45) is 5.92 Å². The van der Waals surface area contributed by atoms with E-state index in [1.807, 2.05) is 0 Å². The molecule has 9 rings (SSSR count). The Bertz CT molecular complexity index is 2220. The van der Waals surface area contributed by atoms with Crippen LogP contribution in [0.5, 0.6) is 0 Å². The first-order valence-electron chi connectivity index (χ1n) is 16.4. The lowest BCUT2D eigenvalue weighted by atomic mass is 9.73. The quantitative estimate of drug-likeness (QED) is 0.198. The monoisotopic (exact) mass is 589 g/mol. The Morgan fingerprint density at radius 3 is 2.17 bits per heavy atom. The van der Waals surface area contributed by atoms with Gasteiger partial charge in [0.1, 0.15) is 0 Å². The van der Waals surface area contributed by atoms with Gasteiger partial charge in [0.15, 0.2) is 0 Å². The zero-order valence-electron chi connectivity index (χ0n) is 26.2. The van der Waals surface area contributed by atoms with Gasteiger partial charge < -0.3 is 4.90 Å². The highest BCUT2D eigenvalue weighted by molar-refractivity contribution is 5.98. The Kier molecular flexibility index (Phi) is 6.05. The molecular weight excluding hydrogens is 555 g/mol. The van der Waals surface area contributed by atoms with Gasteiger partial charge in [-0.05, 0) is 74.2 Å². The molecule has 1 nitrogen and oxygen atoms in total. The topological polar surface area (TPSA) is 3.24 Å². The zero-order chi connectivity index (χ0) is 30.8. The Morgan fingerprint density at radius 1 is 0.587 bits per heavy atom. The maximum Gasteiger partial charge on any atom is 0.0539 e. The summed E-state index contributed by atoms with van der Waals surface area (Å²) < 4.78 is 0. The summed E-state index contributed by atoms with van der Waals surface area (Å²) in [6.07, 6.45) is 12.1. The highest BCUT2D eigenvalue weighted by Gasteiger charge is 2.39. The second kappa shape index (κ2) is 10.3. The minimum absolute atomic E-state index is 0.00378. The van der Waals surface area contributed by atoms with E-state index in [0.717, 1.165) is 5.69 Å².